The molecule has 4 heteroatoms. The number of rotatable bonds is 7. The maximum absolute atomic E-state index is 9.67. The average molecular weight is 371 g/mol. The number of hydrogen-bond acceptors (Lipinski definition) is 3. The zero-order valence-electron chi connectivity index (χ0n) is 16.0. The van der Waals surface area contributed by atoms with E-state index in [1.165, 1.54) is 22.0 Å². The number of fused-ring (bicyclic) bond motifs is 1. The molecule has 0 aliphatic carbocycles. The largest absolute Gasteiger partial charge is 0.387 e. The summed E-state index contributed by atoms with van der Waals surface area (Å²) in [7, 11) is 0. The van der Waals surface area contributed by atoms with Gasteiger partial charge in [0.2, 0.25) is 0 Å². The lowest BCUT2D eigenvalue weighted by molar-refractivity contribution is 0.194. The summed E-state index contributed by atoms with van der Waals surface area (Å²) in [5, 5.41) is 14.4. The Morgan fingerprint density at radius 1 is 1.00 bits per heavy atom. The standard InChI is InChI=1S/C24H25N3O/c1-17(28)24-15-21(13-14-25-24)27-20-11-9-18(10-12-20)5-4-6-19-16-26-23-8-3-2-7-22(19)23/h2-3,7-17,26,28H,4-6H2,1H3,(H,25,27). The molecular formula is C24H25N3O. The number of aromatic nitrogens is 2. The summed E-state index contributed by atoms with van der Waals surface area (Å²) in [4.78, 5) is 7.53. The van der Waals surface area contributed by atoms with E-state index in [1.54, 1.807) is 13.1 Å². The number of nitrogens with one attached hydrogen (secondary N) is 2. The number of aliphatic hydroxyl groups excluding tert-OH is 1. The van der Waals surface area contributed by atoms with E-state index < -0.39 is 6.10 Å². The topological polar surface area (TPSA) is 60.9 Å². The highest BCUT2D eigenvalue weighted by atomic mass is 16.3. The third kappa shape index (κ3) is 4.24. The molecule has 2 aromatic heterocycles. The van der Waals surface area contributed by atoms with Crippen molar-refractivity contribution >= 4 is 22.3 Å². The number of nitrogens with zero attached hydrogens (tertiary/aromatic N) is 1. The summed E-state index contributed by atoms with van der Waals surface area (Å²) >= 11 is 0. The van der Waals surface area contributed by atoms with Gasteiger partial charge in [0, 0.05) is 34.7 Å². The fourth-order valence-electron chi connectivity index (χ4n) is 3.50. The molecule has 2 heterocycles. The van der Waals surface area contributed by atoms with Gasteiger partial charge in [-0.05, 0) is 67.6 Å². The summed E-state index contributed by atoms with van der Waals surface area (Å²) < 4.78 is 0. The third-order valence-electron chi connectivity index (χ3n) is 5.04. The number of anilines is 2. The molecule has 0 radical (unpaired) electrons. The smallest absolute Gasteiger partial charge is 0.0932 e. The Hall–Kier alpha value is -3.11. The van der Waals surface area contributed by atoms with Gasteiger partial charge in [-0.2, -0.15) is 0 Å². The van der Waals surface area contributed by atoms with Crippen LogP contribution in [0.3, 0.4) is 0 Å². The van der Waals surface area contributed by atoms with Gasteiger partial charge in [-0.3, -0.25) is 4.98 Å². The normalized spacial score (nSPS) is 12.2. The first-order valence-corrected chi connectivity index (χ1v) is 9.74. The highest BCUT2D eigenvalue weighted by molar-refractivity contribution is 5.83. The lowest BCUT2D eigenvalue weighted by Crippen LogP contribution is -1.98. The molecule has 0 spiro atoms. The Kier molecular flexibility index (Phi) is 5.40. The first-order chi connectivity index (χ1) is 13.7. The Morgan fingerprint density at radius 2 is 1.82 bits per heavy atom. The fourth-order valence-corrected chi connectivity index (χ4v) is 3.50. The van der Waals surface area contributed by atoms with Crippen LogP contribution < -0.4 is 5.32 Å². The van der Waals surface area contributed by atoms with Crippen molar-refractivity contribution < 1.29 is 5.11 Å². The molecule has 28 heavy (non-hydrogen) atoms. The van der Waals surface area contributed by atoms with Crippen LogP contribution in [0.4, 0.5) is 11.4 Å². The van der Waals surface area contributed by atoms with Gasteiger partial charge in [0.1, 0.15) is 0 Å². The maximum Gasteiger partial charge on any atom is 0.0932 e. The van der Waals surface area contributed by atoms with E-state index in [0.717, 1.165) is 30.6 Å². The van der Waals surface area contributed by atoms with E-state index in [2.05, 4.69) is 70.0 Å². The van der Waals surface area contributed by atoms with Crippen molar-refractivity contribution in [3.05, 3.63) is 89.9 Å². The van der Waals surface area contributed by atoms with Gasteiger partial charge in [0.15, 0.2) is 0 Å². The lowest BCUT2D eigenvalue weighted by atomic mass is 10.0. The van der Waals surface area contributed by atoms with Crippen LogP contribution >= 0.6 is 0 Å². The number of aliphatic hydroxyl groups is 1. The Morgan fingerprint density at radius 3 is 2.64 bits per heavy atom. The average Bonchev–Trinajstić information content (AvgIpc) is 3.13. The highest BCUT2D eigenvalue weighted by Crippen LogP contribution is 2.22. The Balaban J connectivity index is 1.34. The van der Waals surface area contributed by atoms with Crippen LogP contribution in [-0.4, -0.2) is 15.1 Å². The van der Waals surface area contributed by atoms with E-state index in [1.807, 2.05) is 12.1 Å². The first-order valence-electron chi connectivity index (χ1n) is 9.74. The lowest BCUT2D eigenvalue weighted by Gasteiger charge is -2.10. The Bertz CT molecular complexity index is 1050. The van der Waals surface area contributed by atoms with Crippen LogP contribution in [-0.2, 0) is 12.8 Å². The summed E-state index contributed by atoms with van der Waals surface area (Å²) in [5.74, 6) is 0. The molecular weight excluding hydrogens is 346 g/mol. The third-order valence-corrected chi connectivity index (χ3v) is 5.04. The van der Waals surface area contributed by atoms with E-state index in [4.69, 9.17) is 0 Å². The second kappa shape index (κ2) is 8.28. The minimum Gasteiger partial charge on any atom is -0.387 e. The van der Waals surface area contributed by atoms with Crippen LogP contribution in [0.5, 0.6) is 0 Å². The molecule has 0 saturated heterocycles. The molecule has 1 atom stereocenters. The van der Waals surface area contributed by atoms with Gasteiger partial charge >= 0.3 is 0 Å². The molecule has 1 unspecified atom stereocenters. The summed E-state index contributed by atoms with van der Waals surface area (Å²) in [6.07, 6.45) is 6.53. The molecule has 0 saturated carbocycles. The predicted molar refractivity (Wildman–Crippen MR) is 115 cm³/mol. The van der Waals surface area contributed by atoms with Gasteiger partial charge in [-0.25, -0.2) is 0 Å². The molecule has 0 aliphatic rings. The fraction of sp³-hybridized carbons (Fsp3) is 0.208. The number of aryl methyl sites for hydroxylation is 2. The van der Waals surface area contributed by atoms with Crippen molar-refractivity contribution in [3.63, 3.8) is 0 Å². The zero-order valence-corrected chi connectivity index (χ0v) is 16.0. The second-order valence-electron chi connectivity index (χ2n) is 7.18. The molecule has 2 aromatic carbocycles. The molecule has 3 N–H and O–H groups in total. The van der Waals surface area contributed by atoms with Crippen LogP contribution in [0, 0.1) is 0 Å². The number of benzene rings is 2. The van der Waals surface area contributed by atoms with Gasteiger partial charge in [0.05, 0.1) is 11.8 Å². The van der Waals surface area contributed by atoms with Crippen molar-refractivity contribution in [3.8, 4) is 0 Å². The van der Waals surface area contributed by atoms with Crippen LogP contribution in [0.25, 0.3) is 10.9 Å². The summed E-state index contributed by atoms with van der Waals surface area (Å²) in [5.41, 5.74) is 6.56. The molecule has 0 bridgehead atoms. The van der Waals surface area contributed by atoms with Crippen molar-refractivity contribution in [2.45, 2.75) is 32.3 Å². The molecule has 142 valence electrons. The molecule has 4 nitrogen and oxygen atoms in total. The van der Waals surface area contributed by atoms with Gasteiger partial charge in [0.25, 0.3) is 0 Å². The van der Waals surface area contributed by atoms with Crippen LogP contribution in [0.2, 0.25) is 0 Å². The number of para-hydroxylation sites is 1. The van der Waals surface area contributed by atoms with Gasteiger partial charge in [-0.1, -0.05) is 30.3 Å². The van der Waals surface area contributed by atoms with E-state index in [9.17, 15) is 5.11 Å². The predicted octanol–water partition coefficient (Wildman–Crippen LogP) is 5.54. The molecule has 4 rings (SSSR count). The molecule has 0 fully saturated rings. The molecule has 0 aliphatic heterocycles. The first kappa shape index (κ1) is 18.3. The highest BCUT2D eigenvalue weighted by Gasteiger charge is 2.05. The minimum absolute atomic E-state index is 0.568. The Labute approximate surface area is 165 Å². The van der Waals surface area contributed by atoms with Gasteiger partial charge in [-0.15, -0.1) is 0 Å². The summed E-state index contributed by atoms with van der Waals surface area (Å²) in [6.45, 7) is 1.72. The molecule has 0 amide bonds. The quantitative estimate of drug-likeness (QED) is 0.400. The van der Waals surface area contributed by atoms with Crippen molar-refractivity contribution in [2.75, 3.05) is 5.32 Å². The minimum atomic E-state index is -0.568. The number of aromatic amines is 1. The van der Waals surface area contributed by atoms with Crippen molar-refractivity contribution in [2.24, 2.45) is 0 Å². The number of pyridine rings is 1. The van der Waals surface area contributed by atoms with Crippen molar-refractivity contribution in [1.82, 2.24) is 9.97 Å². The van der Waals surface area contributed by atoms with Gasteiger partial charge < -0.3 is 15.4 Å². The number of H-pyrrole nitrogens is 1. The summed E-state index contributed by atoms with van der Waals surface area (Å²) in [6, 6.07) is 20.8. The van der Waals surface area contributed by atoms with Crippen LogP contribution in [0.1, 0.15) is 36.3 Å². The van der Waals surface area contributed by atoms with E-state index >= 15 is 0 Å². The maximum atomic E-state index is 9.67. The van der Waals surface area contributed by atoms with Crippen LogP contribution in [0.15, 0.2) is 73.1 Å². The SMILES string of the molecule is CC(O)c1cc(Nc2ccc(CCCc3c[nH]c4ccccc34)cc2)ccn1. The zero-order chi connectivity index (χ0) is 19.3. The molecule has 4 aromatic rings. The monoisotopic (exact) mass is 371 g/mol. The number of hydrogen-bond donors (Lipinski definition) is 3. The van der Waals surface area contributed by atoms with E-state index in [0.29, 0.717) is 5.69 Å². The second-order valence-corrected chi connectivity index (χ2v) is 7.18. The van der Waals surface area contributed by atoms with E-state index in [-0.39, 0.29) is 0 Å². The van der Waals surface area contributed by atoms with Crippen molar-refractivity contribution in [1.29, 1.82) is 0 Å².